The maximum absolute atomic E-state index is 12.9. The van der Waals surface area contributed by atoms with Crippen LogP contribution in [0, 0.1) is 5.82 Å². The lowest BCUT2D eigenvalue weighted by Crippen LogP contribution is -2.32. The molecule has 1 saturated heterocycles. The van der Waals surface area contributed by atoms with E-state index in [-0.39, 0.29) is 18.2 Å². The highest BCUT2D eigenvalue weighted by molar-refractivity contribution is 6.39. The van der Waals surface area contributed by atoms with E-state index in [1.165, 1.54) is 18.3 Å². The van der Waals surface area contributed by atoms with Gasteiger partial charge < -0.3 is 15.0 Å². The van der Waals surface area contributed by atoms with Crippen LogP contribution in [-0.4, -0.2) is 48.5 Å². The Labute approximate surface area is 172 Å². The highest BCUT2D eigenvalue weighted by Gasteiger charge is 2.18. The number of carbonyl (C=O) groups is 3. The summed E-state index contributed by atoms with van der Waals surface area (Å²) in [7, 11) is 0. The van der Waals surface area contributed by atoms with Gasteiger partial charge in [0.25, 0.3) is 5.91 Å². The first-order chi connectivity index (χ1) is 14.5. The molecule has 9 heteroatoms. The van der Waals surface area contributed by atoms with Gasteiger partial charge in [0.2, 0.25) is 0 Å². The van der Waals surface area contributed by atoms with Crippen LogP contribution in [0.25, 0.3) is 0 Å². The van der Waals surface area contributed by atoms with Gasteiger partial charge in [0.1, 0.15) is 11.6 Å². The third-order valence-corrected chi connectivity index (χ3v) is 4.41. The van der Waals surface area contributed by atoms with E-state index < -0.39 is 17.6 Å². The molecule has 2 aromatic rings. The number of amides is 3. The summed E-state index contributed by atoms with van der Waals surface area (Å²) in [6.45, 7) is 1.41. The van der Waals surface area contributed by atoms with Crippen LogP contribution in [0.4, 0.5) is 10.1 Å². The summed E-state index contributed by atoms with van der Waals surface area (Å²) in [6.07, 6.45) is 3.32. The first-order valence-electron chi connectivity index (χ1n) is 9.42. The molecule has 3 amide bonds. The van der Waals surface area contributed by atoms with E-state index in [0.29, 0.717) is 11.3 Å². The Morgan fingerprint density at radius 2 is 1.73 bits per heavy atom. The molecule has 30 heavy (non-hydrogen) atoms. The number of ether oxygens (including phenoxy) is 1. The standard InChI is InChI=1S/C21H21FN4O4/c22-16-7-9-17(10-8-16)24-20(28)21(29)25-23-13-15-5-1-2-6-18(15)30-14-19(27)26-11-3-4-12-26/h1-2,5-10,13H,3-4,11-12,14H2,(H,24,28)(H,25,29)/b23-13-. The minimum atomic E-state index is -0.988. The van der Waals surface area contributed by atoms with E-state index in [2.05, 4.69) is 15.8 Å². The van der Waals surface area contributed by atoms with Crippen molar-refractivity contribution in [3.63, 3.8) is 0 Å². The Kier molecular flexibility index (Phi) is 7.09. The zero-order valence-corrected chi connectivity index (χ0v) is 16.1. The zero-order chi connectivity index (χ0) is 21.3. The molecule has 0 atom stereocenters. The highest BCUT2D eigenvalue weighted by atomic mass is 19.1. The van der Waals surface area contributed by atoms with Gasteiger partial charge in [-0.2, -0.15) is 5.10 Å². The summed E-state index contributed by atoms with van der Waals surface area (Å²) >= 11 is 0. The number of carbonyl (C=O) groups excluding carboxylic acids is 3. The Morgan fingerprint density at radius 1 is 1.03 bits per heavy atom. The lowest BCUT2D eigenvalue weighted by molar-refractivity contribution is -0.136. The summed E-state index contributed by atoms with van der Waals surface area (Å²) in [5.74, 6) is -2.04. The van der Waals surface area contributed by atoms with Crippen LogP contribution in [0.1, 0.15) is 18.4 Å². The second kappa shape index (κ2) is 10.1. The highest BCUT2D eigenvalue weighted by Crippen LogP contribution is 2.16. The zero-order valence-electron chi connectivity index (χ0n) is 16.1. The van der Waals surface area contributed by atoms with E-state index in [0.717, 1.165) is 38.1 Å². The van der Waals surface area contributed by atoms with Crippen LogP contribution < -0.4 is 15.5 Å². The van der Waals surface area contributed by atoms with E-state index in [1.54, 1.807) is 29.2 Å². The number of rotatable bonds is 6. The summed E-state index contributed by atoms with van der Waals surface area (Å²) in [5.41, 5.74) is 2.93. The number of hydrogen-bond donors (Lipinski definition) is 2. The lowest BCUT2D eigenvalue weighted by Gasteiger charge is -2.16. The van der Waals surface area contributed by atoms with Crippen LogP contribution in [0.5, 0.6) is 5.75 Å². The molecule has 0 aromatic heterocycles. The van der Waals surface area contributed by atoms with E-state index >= 15 is 0 Å². The molecule has 2 N–H and O–H groups in total. The molecule has 1 aliphatic heterocycles. The molecule has 0 unspecified atom stereocenters. The third-order valence-electron chi connectivity index (χ3n) is 4.41. The fraction of sp³-hybridized carbons (Fsp3) is 0.238. The van der Waals surface area contributed by atoms with Crippen molar-refractivity contribution in [1.29, 1.82) is 0 Å². The van der Waals surface area contributed by atoms with Gasteiger partial charge in [0, 0.05) is 24.3 Å². The van der Waals surface area contributed by atoms with Gasteiger partial charge in [0.05, 0.1) is 6.21 Å². The Hall–Kier alpha value is -3.75. The molecule has 2 aromatic carbocycles. The molecule has 156 valence electrons. The van der Waals surface area contributed by atoms with Crippen LogP contribution in [0.2, 0.25) is 0 Å². The second-order valence-electron chi connectivity index (χ2n) is 6.57. The molecule has 1 fully saturated rings. The summed E-state index contributed by atoms with van der Waals surface area (Å²) in [6, 6.07) is 11.9. The number of hydrogen-bond acceptors (Lipinski definition) is 5. The first-order valence-corrected chi connectivity index (χ1v) is 9.42. The van der Waals surface area contributed by atoms with Gasteiger partial charge in [-0.3, -0.25) is 14.4 Å². The van der Waals surface area contributed by atoms with Crippen LogP contribution in [0.15, 0.2) is 53.6 Å². The maximum atomic E-state index is 12.9. The smallest absolute Gasteiger partial charge is 0.329 e. The minimum Gasteiger partial charge on any atom is -0.483 e. The van der Waals surface area contributed by atoms with Crippen LogP contribution in [0.3, 0.4) is 0 Å². The van der Waals surface area contributed by atoms with Crippen molar-refractivity contribution in [3.8, 4) is 5.75 Å². The summed E-state index contributed by atoms with van der Waals surface area (Å²) in [4.78, 5) is 37.6. The Morgan fingerprint density at radius 3 is 2.47 bits per heavy atom. The van der Waals surface area contributed by atoms with Crippen molar-refractivity contribution in [2.24, 2.45) is 5.10 Å². The van der Waals surface area contributed by atoms with Crippen molar-refractivity contribution in [1.82, 2.24) is 10.3 Å². The molecule has 1 heterocycles. The van der Waals surface area contributed by atoms with E-state index in [4.69, 9.17) is 4.74 Å². The molecule has 0 radical (unpaired) electrons. The van der Waals surface area contributed by atoms with Gasteiger partial charge >= 0.3 is 11.8 Å². The second-order valence-corrected chi connectivity index (χ2v) is 6.57. The largest absolute Gasteiger partial charge is 0.483 e. The number of likely N-dealkylation sites (tertiary alicyclic amines) is 1. The van der Waals surface area contributed by atoms with E-state index in [1.807, 2.05) is 0 Å². The summed E-state index contributed by atoms with van der Waals surface area (Å²) < 4.78 is 18.5. The molecule has 1 aliphatic rings. The number of anilines is 1. The van der Waals surface area contributed by atoms with Crippen molar-refractivity contribution >= 4 is 29.6 Å². The third kappa shape index (κ3) is 5.87. The molecule has 0 spiro atoms. The van der Waals surface area contributed by atoms with Crippen molar-refractivity contribution < 1.29 is 23.5 Å². The van der Waals surface area contributed by atoms with Crippen LogP contribution in [-0.2, 0) is 14.4 Å². The van der Waals surface area contributed by atoms with Gasteiger partial charge in [-0.25, -0.2) is 9.82 Å². The monoisotopic (exact) mass is 412 g/mol. The number of nitrogens with one attached hydrogen (secondary N) is 2. The predicted molar refractivity (Wildman–Crippen MR) is 109 cm³/mol. The fourth-order valence-corrected chi connectivity index (χ4v) is 2.85. The Balaban J connectivity index is 1.52. The quantitative estimate of drug-likeness (QED) is 0.430. The Bertz CT molecular complexity index is 940. The van der Waals surface area contributed by atoms with Gasteiger partial charge in [-0.1, -0.05) is 12.1 Å². The van der Waals surface area contributed by atoms with Gasteiger partial charge in [-0.05, 0) is 49.2 Å². The lowest BCUT2D eigenvalue weighted by atomic mass is 10.2. The SMILES string of the molecule is O=C(N/N=C\c1ccccc1OCC(=O)N1CCCC1)C(=O)Nc1ccc(F)cc1. The number of nitrogens with zero attached hydrogens (tertiary/aromatic N) is 2. The normalized spacial score (nSPS) is 13.3. The summed E-state index contributed by atoms with van der Waals surface area (Å²) in [5, 5.41) is 6.09. The molecular weight excluding hydrogens is 391 g/mol. The van der Waals surface area contributed by atoms with E-state index in [9.17, 15) is 18.8 Å². The molecule has 3 rings (SSSR count). The number of hydrazone groups is 1. The maximum Gasteiger partial charge on any atom is 0.329 e. The molecular formula is C21H21FN4O4. The molecule has 0 bridgehead atoms. The fourth-order valence-electron chi connectivity index (χ4n) is 2.85. The van der Waals surface area contributed by atoms with Gasteiger partial charge in [0.15, 0.2) is 6.61 Å². The molecule has 8 nitrogen and oxygen atoms in total. The topological polar surface area (TPSA) is 100 Å². The van der Waals surface area contributed by atoms with Crippen LogP contribution >= 0.6 is 0 Å². The average molecular weight is 412 g/mol. The molecule has 0 saturated carbocycles. The minimum absolute atomic E-state index is 0.0787. The number of para-hydroxylation sites is 1. The average Bonchev–Trinajstić information content (AvgIpc) is 3.29. The number of benzene rings is 2. The van der Waals surface area contributed by atoms with Gasteiger partial charge in [-0.15, -0.1) is 0 Å². The predicted octanol–water partition coefficient (Wildman–Crippen LogP) is 1.92. The van der Waals surface area contributed by atoms with Crippen molar-refractivity contribution in [3.05, 3.63) is 59.9 Å². The van der Waals surface area contributed by atoms with Crippen molar-refractivity contribution in [2.75, 3.05) is 25.0 Å². The number of halogens is 1. The molecule has 0 aliphatic carbocycles. The van der Waals surface area contributed by atoms with Crippen molar-refractivity contribution in [2.45, 2.75) is 12.8 Å². The first kappa shape index (κ1) is 21.0.